The zero-order valence-electron chi connectivity index (χ0n) is 8.53. The van der Waals surface area contributed by atoms with Gasteiger partial charge in [0.15, 0.2) is 0 Å². The third-order valence-electron chi connectivity index (χ3n) is 1.89. The summed E-state index contributed by atoms with van der Waals surface area (Å²) in [7, 11) is -3.72. The van der Waals surface area contributed by atoms with Crippen molar-refractivity contribution in [2.24, 2.45) is 5.14 Å². The number of nitrogens with one attached hydrogen (secondary N) is 1. The van der Waals surface area contributed by atoms with Gasteiger partial charge in [-0.1, -0.05) is 0 Å². The van der Waals surface area contributed by atoms with Crippen LogP contribution in [0.3, 0.4) is 0 Å². The average molecular weight is 263 g/mol. The van der Waals surface area contributed by atoms with Gasteiger partial charge in [0.05, 0.1) is 4.90 Å². The van der Waals surface area contributed by atoms with Crippen molar-refractivity contribution < 1.29 is 13.2 Å². The maximum atomic E-state index is 11.1. The van der Waals surface area contributed by atoms with Gasteiger partial charge < -0.3 is 5.32 Å². The van der Waals surface area contributed by atoms with E-state index in [2.05, 4.69) is 5.32 Å². The number of aryl methyl sites for hydroxylation is 1. The van der Waals surface area contributed by atoms with E-state index in [1.165, 1.54) is 18.2 Å². The van der Waals surface area contributed by atoms with Crippen LogP contribution in [0.5, 0.6) is 0 Å². The highest BCUT2D eigenvalue weighted by Crippen LogP contribution is 2.18. The predicted molar refractivity (Wildman–Crippen MR) is 61.9 cm³/mol. The van der Waals surface area contributed by atoms with E-state index in [9.17, 15) is 13.2 Å². The van der Waals surface area contributed by atoms with E-state index in [-0.39, 0.29) is 16.7 Å². The van der Waals surface area contributed by atoms with Crippen LogP contribution in [0.2, 0.25) is 0 Å². The van der Waals surface area contributed by atoms with Gasteiger partial charge in [-0.2, -0.15) is 0 Å². The molecule has 0 bridgehead atoms. The van der Waals surface area contributed by atoms with E-state index in [0.717, 1.165) is 0 Å². The molecule has 16 heavy (non-hydrogen) atoms. The van der Waals surface area contributed by atoms with Gasteiger partial charge in [0.2, 0.25) is 15.9 Å². The molecule has 0 spiro atoms. The number of sulfonamides is 1. The maximum absolute atomic E-state index is 11.1. The highest BCUT2D eigenvalue weighted by Gasteiger charge is 2.11. The number of primary sulfonamides is 1. The van der Waals surface area contributed by atoms with Gasteiger partial charge in [0.1, 0.15) is 5.88 Å². The van der Waals surface area contributed by atoms with E-state index >= 15 is 0 Å². The van der Waals surface area contributed by atoms with Crippen molar-refractivity contribution in [3.63, 3.8) is 0 Å². The van der Waals surface area contributed by atoms with Gasteiger partial charge >= 0.3 is 0 Å². The topological polar surface area (TPSA) is 89.3 Å². The lowest BCUT2D eigenvalue weighted by Crippen LogP contribution is -2.15. The van der Waals surface area contributed by atoms with Crippen molar-refractivity contribution in [2.75, 3.05) is 11.2 Å². The fourth-order valence-electron chi connectivity index (χ4n) is 1.24. The van der Waals surface area contributed by atoms with Gasteiger partial charge in [-0.05, 0) is 30.7 Å². The number of carbonyl (C=O) groups is 1. The number of amides is 1. The van der Waals surface area contributed by atoms with E-state index in [4.69, 9.17) is 16.7 Å². The summed E-state index contributed by atoms with van der Waals surface area (Å²) < 4.78 is 22.2. The second-order valence-electron chi connectivity index (χ2n) is 3.21. The summed E-state index contributed by atoms with van der Waals surface area (Å²) >= 11 is 5.32. The second-order valence-corrected chi connectivity index (χ2v) is 5.00. The highest BCUT2D eigenvalue weighted by molar-refractivity contribution is 7.89. The molecule has 0 aliphatic rings. The Kier molecular flexibility index (Phi) is 3.90. The number of hydrogen-bond acceptors (Lipinski definition) is 3. The minimum atomic E-state index is -3.72. The molecule has 1 aromatic rings. The molecule has 0 atom stereocenters. The van der Waals surface area contributed by atoms with Crippen molar-refractivity contribution in [2.45, 2.75) is 11.8 Å². The average Bonchev–Trinajstić information content (AvgIpc) is 2.15. The zero-order valence-corrected chi connectivity index (χ0v) is 10.1. The molecule has 0 aromatic heterocycles. The third-order valence-corrected chi connectivity index (χ3v) is 3.20. The first kappa shape index (κ1) is 13.0. The first-order valence-corrected chi connectivity index (χ1v) is 6.42. The van der Waals surface area contributed by atoms with Gasteiger partial charge in [0, 0.05) is 5.69 Å². The predicted octanol–water partition coefficient (Wildman–Crippen LogP) is 0.820. The van der Waals surface area contributed by atoms with Crippen molar-refractivity contribution in [1.82, 2.24) is 0 Å². The van der Waals surface area contributed by atoms with E-state index in [0.29, 0.717) is 11.3 Å². The molecular formula is C9H11ClN2O3S. The number of alkyl halides is 1. The number of carbonyl (C=O) groups excluding carboxylic acids is 1. The summed E-state index contributed by atoms with van der Waals surface area (Å²) in [6.07, 6.45) is 0. The fraction of sp³-hybridized carbons (Fsp3) is 0.222. The number of benzene rings is 1. The second kappa shape index (κ2) is 4.82. The van der Waals surface area contributed by atoms with Crippen molar-refractivity contribution >= 4 is 33.2 Å². The molecule has 88 valence electrons. The Morgan fingerprint density at radius 2 is 2.12 bits per heavy atom. The molecule has 1 aromatic carbocycles. The molecule has 0 fully saturated rings. The normalized spacial score (nSPS) is 11.2. The van der Waals surface area contributed by atoms with Gasteiger partial charge in [-0.3, -0.25) is 4.79 Å². The summed E-state index contributed by atoms with van der Waals surface area (Å²) in [4.78, 5) is 11.0. The van der Waals surface area contributed by atoms with Crippen LogP contribution in [0.4, 0.5) is 5.69 Å². The minimum absolute atomic E-state index is 0.0383. The summed E-state index contributed by atoms with van der Waals surface area (Å²) in [6, 6.07) is 4.32. The lowest BCUT2D eigenvalue weighted by molar-refractivity contribution is -0.113. The van der Waals surface area contributed by atoms with Crippen LogP contribution in [-0.2, 0) is 14.8 Å². The number of hydrogen-bond donors (Lipinski definition) is 2. The Labute approximate surface area is 98.6 Å². The van der Waals surface area contributed by atoms with Crippen LogP contribution in [0.1, 0.15) is 5.56 Å². The molecule has 5 nitrogen and oxygen atoms in total. The lowest BCUT2D eigenvalue weighted by atomic mass is 10.2. The Morgan fingerprint density at radius 1 is 1.50 bits per heavy atom. The molecule has 7 heteroatoms. The zero-order chi connectivity index (χ0) is 12.3. The minimum Gasteiger partial charge on any atom is -0.325 e. The number of nitrogens with two attached hydrogens (primary N) is 1. The Hall–Kier alpha value is -1.11. The summed E-state index contributed by atoms with van der Waals surface area (Å²) in [5, 5.41) is 7.50. The first-order chi connectivity index (χ1) is 7.34. The van der Waals surface area contributed by atoms with Crippen molar-refractivity contribution in [1.29, 1.82) is 0 Å². The van der Waals surface area contributed by atoms with Crippen molar-refractivity contribution in [3.8, 4) is 0 Å². The van der Waals surface area contributed by atoms with Crippen LogP contribution in [0, 0.1) is 6.92 Å². The van der Waals surface area contributed by atoms with E-state index in [1.807, 2.05) is 0 Å². The number of rotatable bonds is 3. The standard InChI is InChI=1S/C9H11ClN2O3S/c1-6-4-7(12-9(13)5-10)2-3-8(6)16(11,14)15/h2-4H,5H2,1H3,(H,12,13)(H2,11,14,15). The Bertz CT molecular complexity index is 513. The molecule has 1 rings (SSSR count). The molecule has 0 saturated carbocycles. The third kappa shape index (κ3) is 3.19. The lowest BCUT2D eigenvalue weighted by Gasteiger charge is -2.07. The quantitative estimate of drug-likeness (QED) is 0.791. The summed E-state index contributed by atoms with van der Waals surface area (Å²) in [5.74, 6) is -0.514. The van der Waals surface area contributed by atoms with Crippen LogP contribution >= 0.6 is 11.6 Å². The Morgan fingerprint density at radius 3 is 2.56 bits per heavy atom. The summed E-state index contributed by atoms with van der Waals surface area (Å²) in [6.45, 7) is 1.59. The van der Waals surface area contributed by atoms with Gasteiger partial charge in [0.25, 0.3) is 0 Å². The molecule has 3 N–H and O–H groups in total. The molecule has 0 saturated heterocycles. The molecule has 0 heterocycles. The smallest absolute Gasteiger partial charge is 0.239 e. The van der Waals surface area contributed by atoms with Crippen LogP contribution in [0.25, 0.3) is 0 Å². The number of halogens is 1. The van der Waals surface area contributed by atoms with Gasteiger partial charge in [-0.15, -0.1) is 11.6 Å². The SMILES string of the molecule is Cc1cc(NC(=O)CCl)ccc1S(N)(=O)=O. The van der Waals surface area contributed by atoms with Crippen molar-refractivity contribution in [3.05, 3.63) is 23.8 Å². The fourth-order valence-corrected chi connectivity index (χ4v) is 2.07. The molecule has 0 aliphatic carbocycles. The van der Waals surface area contributed by atoms with Crippen LogP contribution < -0.4 is 10.5 Å². The van der Waals surface area contributed by atoms with E-state index in [1.54, 1.807) is 6.92 Å². The molecular weight excluding hydrogens is 252 g/mol. The molecule has 1 amide bonds. The molecule has 0 unspecified atom stereocenters. The van der Waals surface area contributed by atoms with Crippen LogP contribution in [0.15, 0.2) is 23.1 Å². The van der Waals surface area contributed by atoms with Crippen LogP contribution in [-0.4, -0.2) is 20.2 Å². The molecule has 0 radical (unpaired) electrons. The van der Waals surface area contributed by atoms with Gasteiger partial charge in [-0.25, -0.2) is 13.6 Å². The Balaban J connectivity index is 3.05. The van der Waals surface area contributed by atoms with E-state index < -0.39 is 10.0 Å². The largest absolute Gasteiger partial charge is 0.325 e. The summed E-state index contributed by atoms with van der Waals surface area (Å²) in [5.41, 5.74) is 0.949. The first-order valence-electron chi connectivity index (χ1n) is 4.34. The number of anilines is 1. The molecule has 0 aliphatic heterocycles. The maximum Gasteiger partial charge on any atom is 0.239 e. The highest BCUT2D eigenvalue weighted by atomic mass is 35.5. The monoisotopic (exact) mass is 262 g/mol.